The van der Waals surface area contributed by atoms with Gasteiger partial charge < -0.3 is 14.6 Å². The van der Waals surface area contributed by atoms with Crippen molar-refractivity contribution >= 4 is 28.7 Å². The van der Waals surface area contributed by atoms with Crippen molar-refractivity contribution in [2.24, 2.45) is 0 Å². The highest BCUT2D eigenvalue weighted by atomic mass is 32.2. The normalized spacial score (nSPS) is 11.1. The van der Waals surface area contributed by atoms with Crippen LogP contribution in [0.4, 0.5) is 0 Å². The Kier molecular flexibility index (Phi) is 8.33. The summed E-state index contributed by atoms with van der Waals surface area (Å²) in [5.74, 6) is 0.712. The third-order valence-electron chi connectivity index (χ3n) is 5.64. The third kappa shape index (κ3) is 6.04. The fourth-order valence-electron chi connectivity index (χ4n) is 3.69. The van der Waals surface area contributed by atoms with E-state index in [-0.39, 0.29) is 5.91 Å². The largest absolute Gasteiger partial charge is 0.382 e. The standard InChI is InChI=1S/C27H30N4O2S/c1-3-33-16-6-14-29-26(32)22-11-9-21(10-12-22)19-34-27-30-24-13-15-28-17-25(24)31(27)18-23-8-5-4-7-20(23)2/h4-5,7-13,15,17H,3,6,14,16,18-19H2,1-2H3,(H,29,32). The van der Waals surface area contributed by atoms with E-state index < -0.39 is 0 Å². The highest BCUT2D eigenvalue weighted by Gasteiger charge is 2.13. The van der Waals surface area contributed by atoms with Crippen molar-refractivity contribution in [3.63, 3.8) is 0 Å². The minimum atomic E-state index is -0.0526. The van der Waals surface area contributed by atoms with Crippen LogP contribution < -0.4 is 5.32 Å². The molecule has 2 heterocycles. The fraction of sp³-hybridized carbons (Fsp3) is 0.296. The summed E-state index contributed by atoms with van der Waals surface area (Å²) in [7, 11) is 0. The van der Waals surface area contributed by atoms with Crippen molar-refractivity contribution in [2.45, 2.75) is 37.7 Å². The number of carbonyl (C=O) groups is 1. The molecular weight excluding hydrogens is 444 g/mol. The SMILES string of the molecule is CCOCCCNC(=O)c1ccc(CSc2nc3ccncc3n2Cc2ccccc2C)cc1. The minimum absolute atomic E-state index is 0.0526. The van der Waals surface area contributed by atoms with Crippen LogP contribution in [0.25, 0.3) is 11.0 Å². The van der Waals surface area contributed by atoms with Gasteiger partial charge in [-0.2, -0.15) is 0 Å². The summed E-state index contributed by atoms with van der Waals surface area (Å²) in [6.45, 7) is 6.83. The number of nitrogens with one attached hydrogen (secondary N) is 1. The first-order chi connectivity index (χ1) is 16.7. The van der Waals surface area contributed by atoms with Gasteiger partial charge in [0, 0.05) is 37.3 Å². The van der Waals surface area contributed by atoms with Gasteiger partial charge in [0.05, 0.1) is 23.8 Å². The second-order valence-electron chi connectivity index (χ2n) is 8.06. The quantitative estimate of drug-likeness (QED) is 0.238. The molecule has 7 heteroatoms. The first-order valence-electron chi connectivity index (χ1n) is 11.6. The molecule has 0 aliphatic heterocycles. The summed E-state index contributed by atoms with van der Waals surface area (Å²) in [6, 6.07) is 18.2. The highest BCUT2D eigenvalue weighted by Crippen LogP contribution is 2.28. The molecule has 0 bridgehead atoms. The summed E-state index contributed by atoms with van der Waals surface area (Å²) in [5.41, 5.74) is 6.32. The van der Waals surface area contributed by atoms with E-state index in [1.807, 2.05) is 43.5 Å². The van der Waals surface area contributed by atoms with Crippen LogP contribution in [0.2, 0.25) is 0 Å². The van der Waals surface area contributed by atoms with Gasteiger partial charge in [-0.1, -0.05) is 48.2 Å². The lowest BCUT2D eigenvalue weighted by molar-refractivity contribution is 0.0944. The van der Waals surface area contributed by atoms with Gasteiger partial charge in [-0.15, -0.1) is 0 Å². The number of carbonyl (C=O) groups excluding carboxylic acids is 1. The second kappa shape index (κ2) is 11.8. The van der Waals surface area contributed by atoms with Gasteiger partial charge in [0.1, 0.15) is 0 Å². The van der Waals surface area contributed by atoms with Crippen LogP contribution in [-0.4, -0.2) is 40.2 Å². The van der Waals surface area contributed by atoms with E-state index in [0.29, 0.717) is 25.3 Å². The van der Waals surface area contributed by atoms with E-state index in [4.69, 9.17) is 9.72 Å². The number of nitrogens with zero attached hydrogens (tertiary/aromatic N) is 3. The molecule has 0 spiro atoms. The van der Waals surface area contributed by atoms with Crippen LogP contribution in [-0.2, 0) is 17.0 Å². The van der Waals surface area contributed by atoms with Crippen molar-refractivity contribution in [1.29, 1.82) is 0 Å². The van der Waals surface area contributed by atoms with Crippen molar-refractivity contribution in [3.8, 4) is 0 Å². The summed E-state index contributed by atoms with van der Waals surface area (Å²) in [5, 5.41) is 3.90. The number of aryl methyl sites for hydroxylation is 1. The lowest BCUT2D eigenvalue weighted by atomic mass is 10.1. The van der Waals surface area contributed by atoms with Crippen molar-refractivity contribution in [2.75, 3.05) is 19.8 Å². The average molecular weight is 475 g/mol. The lowest BCUT2D eigenvalue weighted by Gasteiger charge is -2.11. The molecular formula is C27H30N4O2S. The number of hydrogen-bond donors (Lipinski definition) is 1. The van der Waals surface area contributed by atoms with Crippen LogP contribution in [0.3, 0.4) is 0 Å². The van der Waals surface area contributed by atoms with E-state index in [2.05, 4.69) is 46.1 Å². The number of hydrogen-bond acceptors (Lipinski definition) is 5. The van der Waals surface area contributed by atoms with Gasteiger partial charge in [0.2, 0.25) is 0 Å². The lowest BCUT2D eigenvalue weighted by Crippen LogP contribution is -2.25. The molecule has 1 N–H and O–H groups in total. The maximum absolute atomic E-state index is 12.3. The molecule has 6 nitrogen and oxygen atoms in total. The van der Waals surface area contributed by atoms with Gasteiger partial charge in [-0.3, -0.25) is 9.78 Å². The number of pyridine rings is 1. The van der Waals surface area contributed by atoms with Crippen LogP contribution >= 0.6 is 11.8 Å². The fourth-order valence-corrected chi connectivity index (χ4v) is 4.66. The Morgan fingerprint density at radius 3 is 2.74 bits per heavy atom. The Morgan fingerprint density at radius 1 is 1.12 bits per heavy atom. The maximum atomic E-state index is 12.3. The number of imidazole rings is 1. The van der Waals surface area contributed by atoms with E-state index in [1.54, 1.807) is 18.0 Å². The molecule has 0 radical (unpaired) electrons. The molecule has 4 rings (SSSR count). The Morgan fingerprint density at radius 2 is 1.94 bits per heavy atom. The van der Waals surface area contributed by atoms with E-state index in [1.165, 1.54) is 11.1 Å². The van der Waals surface area contributed by atoms with Crippen LogP contribution in [0.15, 0.2) is 72.1 Å². The number of benzene rings is 2. The van der Waals surface area contributed by atoms with Gasteiger partial charge in [-0.05, 0) is 55.2 Å². The Labute approximate surface area is 204 Å². The number of ether oxygens (including phenoxy) is 1. The summed E-state index contributed by atoms with van der Waals surface area (Å²) in [6.07, 6.45) is 4.47. The molecule has 0 saturated carbocycles. The van der Waals surface area contributed by atoms with Crippen LogP contribution in [0.5, 0.6) is 0 Å². The third-order valence-corrected chi connectivity index (χ3v) is 6.69. The summed E-state index contributed by atoms with van der Waals surface area (Å²) < 4.78 is 7.54. The molecule has 0 atom stereocenters. The van der Waals surface area contributed by atoms with Crippen molar-refractivity contribution in [1.82, 2.24) is 19.9 Å². The van der Waals surface area contributed by atoms with Gasteiger partial charge in [-0.25, -0.2) is 4.98 Å². The summed E-state index contributed by atoms with van der Waals surface area (Å²) in [4.78, 5) is 21.5. The van der Waals surface area contributed by atoms with Crippen LogP contribution in [0, 0.1) is 6.92 Å². The number of aromatic nitrogens is 3. The monoisotopic (exact) mass is 474 g/mol. The van der Waals surface area contributed by atoms with Crippen molar-refractivity contribution in [3.05, 3.63) is 89.2 Å². The van der Waals surface area contributed by atoms with E-state index in [9.17, 15) is 4.79 Å². The predicted molar refractivity (Wildman–Crippen MR) is 137 cm³/mol. The zero-order valence-electron chi connectivity index (χ0n) is 19.7. The first-order valence-corrected chi connectivity index (χ1v) is 12.6. The molecule has 4 aromatic rings. The van der Waals surface area contributed by atoms with Gasteiger partial charge in [0.15, 0.2) is 5.16 Å². The zero-order valence-corrected chi connectivity index (χ0v) is 20.5. The molecule has 1 amide bonds. The Bertz CT molecular complexity index is 1240. The van der Waals surface area contributed by atoms with Gasteiger partial charge in [0.25, 0.3) is 5.91 Å². The Hall–Kier alpha value is -3.16. The molecule has 0 aliphatic carbocycles. The zero-order chi connectivity index (χ0) is 23.8. The molecule has 34 heavy (non-hydrogen) atoms. The molecule has 176 valence electrons. The topological polar surface area (TPSA) is 69.0 Å². The highest BCUT2D eigenvalue weighted by molar-refractivity contribution is 7.98. The van der Waals surface area contributed by atoms with E-state index >= 15 is 0 Å². The number of thioether (sulfide) groups is 1. The number of fused-ring (bicyclic) bond motifs is 1. The van der Waals surface area contributed by atoms with E-state index in [0.717, 1.165) is 40.5 Å². The summed E-state index contributed by atoms with van der Waals surface area (Å²) >= 11 is 1.70. The van der Waals surface area contributed by atoms with Crippen LogP contribution in [0.1, 0.15) is 40.4 Å². The average Bonchev–Trinajstić information content (AvgIpc) is 3.21. The smallest absolute Gasteiger partial charge is 0.251 e. The molecule has 0 aliphatic rings. The molecule has 2 aromatic heterocycles. The molecule has 0 unspecified atom stereocenters. The van der Waals surface area contributed by atoms with Gasteiger partial charge >= 0.3 is 0 Å². The second-order valence-corrected chi connectivity index (χ2v) is 9.01. The molecule has 0 saturated heterocycles. The molecule has 0 fully saturated rings. The molecule has 2 aromatic carbocycles. The maximum Gasteiger partial charge on any atom is 0.251 e. The number of amides is 1. The minimum Gasteiger partial charge on any atom is -0.382 e. The predicted octanol–water partition coefficient (Wildman–Crippen LogP) is 5.24. The Balaban J connectivity index is 1.42. The van der Waals surface area contributed by atoms with Crippen molar-refractivity contribution < 1.29 is 9.53 Å². The first kappa shape index (κ1) is 24.0. The number of rotatable bonds is 11.